The van der Waals surface area contributed by atoms with E-state index < -0.39 is 0 Å². The number of ketones is 1. The molecule has 0 saturated heterocycles. The van der Waals surface area contributed by atoms with E-state index >= 15 is 0 Å². The number of phenols is 1. The van der Waals surface area contributed by atoms with Gasteiger partial charge in [0.1, 0.15) is 5.75 Å². The molecule has 0 aliphatic heterocycles. The minimum atomic E-state index is -0.0790. The van der Waals surface area contributed by atoms with Crippen LogP contribution in [-0.4, -0.2) is 20.6 Å². The molecule has 1 aromatic carbocycles. The predicted octanol–water partition coefficient (Wildman–Crippen LogP) is 3.18. The minimum Gasteiger partial charge on any atom is -0.508 e. The highest BCUT2D eigenvalue weighted by molar-refractivity contribution is 5.99. The van der Waals surface area contributed by atoms with E-state index in [4.69, 9.17) is 0 Å². The zero-order chi connectivity index (χ0) is 14.0. The topological polar surface area (TPSA) is 62.5 Å². The number of benzene rings is 1. The molecule has 2 aromatic rings. The maximum Gasteiger partial charge on any atom is 0.202 e. The zero-order valence-electron chi connectivity index (χ0n) is 11.1. The van der Waals surface area contributed by atoms with Crippen molar-refractivity contribution in [3.05, 3.63) is 35.9 Å². The molecule has 0 fully saturated rings. The molecule has 0 bridgehead atoms. The van der Waals surface area contributed by atoms with Crippen molar-refractivity contribution in [2.45, 2.75) is 26.8 Å². The van der Waals surface area contributed by atoms with Crippen molar-refractivity contribution in [3.63, 3.8) is 0 Å². The maximum absolute atomic E-state index is 11.8. The van der Waals surface area contributed by atoms with E-state index in [2.05, 4.69) is 0 Å². The lowest BCUT2D eigenvalue weighted by atomic mass is 10.1. The molecule has 4 heteroatoms. The van der Waals surface area contributed by atoms with Gasteiger partial charge in [0, 0.05) is 13.0 Å². The summed E-state index contributed by atoms with van der Waals surface area (Å²) >= 11 is 0. The summed E-state index contributed by atoms with van der Waals surface area (Å²) in [6, 6.07) is 8.39. The van der Waals surface area contributed by atoms with Crippen LogP contribution in [0.5, 0.6) is 11.6 Å². The van der Waals surface area contributed by atoms with E-state index in [0.717, 1.165) is 11.3 Å². The first-order valence-electron chi connectivity index (χ1n) is 6.33. The van der Waals surface area contributed by atoms with E-state index in [9.17, 15) is 15.0 Å². The van der Waals surface area contributed by atoms with Gasteiger partial charge in [0.05, 0.1) is 11.3 Å². The number of Topliss-reactive ketones (excluding diaryl/α,β-unsaturated/α-hetero) is 1. The van der Waals surface area contributed by atoms with Gasteiger partial charge in [-0.1, -0.05) is 6.92 Å². The van der Waals surface area contributed by atoms with E-state index in [-0.39, 0.29) is 17.4 Å². The molecule has 0 amide bonds. The summed E-state index contributed by atoms with van der Waals surface area (Å²) in [6.07, 6.45) is 0.357. The van der Waals surface area contributed by atoms with Gasteiger partial charge in [0.25, 0.3) is 0 Å². The SMILES string of the molecule is CCC(=O)c1cc(-c2ccc(O)cc2)n(CC)c1O. The molecule has 2 rings (SSSR count). The molecule has 0 radical (unpaired) electrons. The second-order valence-electron chi connectivity index (χ2n) is 4.33. The molecule has 4 nitrogen and oxygen atoms in total. The van der Waals surface area contributed by atoms with Crippen molar-refractivity contribution in [3.8, 4) is 22.9 Å². The number of nitrogens with zero attached hydrogens (tertiary/aromatic N) is 1. The van der Waals surface area contributed by atoms with Gasteiger partial charge >= 0.3 is 0 Å². The third-order valence-electron chi connectivity index (χ3n) is 3.17. The summed E-state index contributed by atoms with van der Waals surface area (Å²) in [6.45, 7) is 4.24. The van der Waals surface area contributed by atoms with Crippen molar-refractivity contribution >= 4 is 5.78 Å². The summed E-state index contributed by atoms with van der Waals surface area (Å²) in [5, 5.41) is 19.4. The number of aromatic hydroxyl groups is 2. The molecule has 0 aliphatic rings. The van der Waals surface area contributed by atoms with Crippen LogP contribution in [0.2, 0.25) is 0 Å². The van der Waals surface area contributed by atoms with Crippen LogP contribution in [0.4, 0.5) is 0 Å². The molecule has 1 heterocycles. The normalized spacial score (nSPS) is 10.6. The van der Waals surface area contributed by atoms with E-state index in [0.29, 0.717) is 18.5 Å². The first-order valence-corrected chi connectivity index (χ1v) is 6.33. The zero-order valence-corrected chi connectivity index (χ0v) is 11.1. The van der Waals surface area contributed by atoms with Gasteiger partial charge in [-0.05, 0) is 42.8 Å². The number of carbonyl (C=O) groups is 1. The van der Waals surface area contributed by atoms with Gasteiger partial charge < -0.3 is 14.8 Å². The van der Waals surface area contributed by atoms with Crippen LogP contribution in [0.3, 0.4) is 0 Å². The lowest BCUT2D eigenvalue weighted by Gasteiger charge is -2.07. The van der Waals surface area contributed by atoms with Gasteiger partial charge in [0.2, 0.25) is 5.88 Å². The standard InChI is InChI=1S/C15H17NO3/c1-3-14(18)12-9-13(16(4-2)15(12)19)10-5-7-11(17)8-6-10/h5-9,17,19H,3-4H2,1-2H3. The number of hydrogen-bond donors (Lipinski definition) is 2. The largest absolute Gasteiger partial charge is 0.508 e. The van der Waals surface area contributed by atoms with Crippen LogP contribution in [0.25, 0.3) is 11.3 Å². The summed E-state index contributed by atoms with van der Waals surface area (Å²) < 4.78 is 1.69. The second-order valence-corrected chi connectivity index (χ2v) is 4.33. The Morgan fingerprint density at radius 3 is 2.32 bits per heavy atom. The smallest absolute Gasteiger partial charge is 0.202 e. The van der Waals surface area contributed by atoms with Crippen molar-refractivity contribution in [1.29, 1.82) is 0 Å². The highest BCUT2D eigenvalue weighted by Gasteiger charge is 2.18. The molecule has 0 aliphatic carbocycles. The molecule has 0 spiro atoms. The lowest BCUT2D eigenvalue weighted by Crippen LogP contribution is -1.98. The van der Waals surface area contributed by atoms with Crippen molar-refractivity contribution in [1.82, 2.24) is 4.57 Å². The molecule has 19 heavy (non-hydrogen) atoms. The average molecular weight is 259 g/mol. The van der Waals surface area contributed by atoms with E-state index in [1.165, 1.54) is 0 Å². The molecular formula is C15H17NO3. The number of hydrogen-bond acceptors (Lipinski definition) is 3. The molecule has 2 N–H and O–H groups in total. The first-order chi connectivity index (χ1) is 9.08. The third kappa shape index (κ3) is 2.34. The fourth-order valence-corrected chi connectivity index (χ4v) is 2.13. The number of phenolic OH excluding ortho intramolecular Hbond substituents is 1. The van der Waals surface area contributed by atoms with Crippen molar-refractivity contribution in [2.24, 2.45) is 0 Å². The second kappa shape index (κ2) is 5.18. The third-order valence-corrected chi connectivity index (χ3v) is 3.17. The molecule has 0 unspecified atom stereocenters. The number of carbonyl (C=O) groups excluding carboxylic acids is 1. The van der Waals surface area contributed by atoms with Crippen LogP contribution in [0.1, 0.15) is 30.6 Å². The van der Waals surface area contributed by atoms with Crippen molar-refractivity contribution < 1.29 is 15.0 Å². The average Bonchev–Trinajstić information content (AvgIpc) is 2.75. The molecule has 100 valence electrons. The fraction of sp³-hybridized carbons (Fsp3) is 0.267. The lowest BCUT2D eigenvalue weighted by molar-refractivity contribution is 0.0985. The number of aromatic nitrogens is 1. The number of rotatable bonds is 4. The Balaban J connectivity index is 2.57. The first kappa shape index (κ1) is 13.2. The van der Waals surface area contributed by atoms with Gasteiger partial charge in [-0.15, -0.1) is 0 Å². The highest BCUT2D eigenvalue weighted by atomic mass is 16.3. The quantitative estimate of drug-likeness (QED) is 0.829. The van der Waals surface area contributed by atoms with Crippen molar-refractivity contribution in [2.75, 3.05) is 0 Å². The van der Waals surface area contributed by atoms with Crippen LogP contribution >= 0.6 is 0 Å². The summed E-state index contributed by atoms with van der Waals surface area (Å²) in [7, 11) is 0. The minimum absolute atomic E-state index is 0.0115. The predicted molar refractivity (Wildman–Crippen MR) is 73.5 cm³/mol. The Morgan fingerprint density at radius 1 is 1.16 bits per heavy atom. The molecule has 1 aromatic heterocycles. The Kier molecular flexibility index (Phi) is 3.60. The van der Waals surface area contributed by atoms with Crippen LogP contribution in [0.15, 0.2) is 30.3 Å². The summed E-state index contributed by atoms with van der Waals surface area (Å²) in [5.74, 6) is 0.120. The van der Waals surface area contributed by atoms with Crippen LogP contribution in [-0.2, 0) is 6.54 Å². The Labute approximate surface area is 111 Å². The maximum atomic E-state index is 11.8. The van der Waals surface area contributed by atoms with E-state index in [1.807, 2.05) is 6.92 Å². The Hall–Kier alpha value is -2.23. The van der Waals surface area contributed by atoms with Gasteiger partial charge in [-0.3, -0.25) is 4.79 Å². The van der Waals surface area contributed by atoms with Gasteiger partial charge in [0.15, 0.2) is 5.78 Å². The molecule has 0 atom stereocenters. The van der Waals surface area contributed by atoms with Crippen LogP contribution < -0.4 is 0 Å². The van der Waals surface area contributed by atoms with E-state index in [1.54, 1.807) is 41.8 Å². The van der Waals surface area contributed by atoms with Gasteiger partial charge in [-0.25, -0.2) is 0 Å². The molecule has 0 saturated carbocycles. The monoisotopic (exact) mass is 259 g/mol. The van der Waals surface area contributed by atoms with Crippen LogP contribution in [0, 0.1) is 0 Å². The fourth-order valence-electron chi connectivity index (χ4n) is 2.13. The van der Waals surface area contributed by atoms with Gasteiger partial charge in [-0.2, -0.15) is 0 Å². The molecular weight excluding hydrogens is 242 g/mol. The highest BCUT2D eigenvalue weighted by Crippen LogP contribution is 2.31. The Bertz CT molecular complexity index is 597. The Morgan fingerprint density at radius 2 is 1.79 bits per heavy atom. The summed E-state index contributed by atoms with van der Waals surface area (Å²) in [5.41, 5.74) is 1.98. The summed E-state index contributed by atoms with van der Waals surface area (Å²) in [4.78, 5) is 11.8.